The quantitative estimate of drug-likeness (QED) is 0.657. The molecule has 0 spiro atoms. The third-order valence-electron chi connectivity index (χ3n) is 2.62. The third-order valence-corrected chi connectivity index (χ3v) is 2.62. The summed E-state index contributed by atoms with van der Waals surface area (Å²) >= 11 is 0. The third kappa shape index (κ3) is 1.12. The lowest BCUT2D eigenvalue weighted by Gasteiger charge is -2.03. The summed E-state index contributed by atoms with van der Waals surface area (Å²) in [5, 5.41) is 0.908. The zero-order valence-electron chi connectivity index (χ0n) is 8.09. The van der Waals surface area contributed by atoms with Crippen molar-refractivity contribution < 1.29 is 8.78 Å². The lowest BCUT2D eigenvalue weighted by molar-refractivity contribution is 0.142. The Kier molecular flexibility index (Phi) is 2.02. The second-order valence-corrected chi connectivity index (χ2v) is 3.39. The maximum Gasteiger partial charge on any atom is 0.278 e. The number of halogens is 2. The summed E-state index contributed by atoms with van der Waals surface area (Å²) in [6, 6.07) is 7.45. The lowest BCUT2D eigenvalue weighted by Crippen LogP contribution is -1.97. The van der Waals surface area contributed by atoms with E-state index in [9.17, 15) is 8.78 Å². The number of hydrogen-bond acceptors (Lipinski definition) is 0. The summed E-state index contributed by atoms with van der Waals surface area (Å²) in [6.07, 6.45) is -2.41. The maximum absolute atomic E-state index is 12.7. The van der Waals surface area contributed by atoms with Crippen LogP contribution in [0.5, 0.6) is 0 Å². The highest BCUT2D eigenvalue weighted by atomic mass is 19.3. The predicted molar refractivity (Wildman–Crippen MR) is 52.6 cm³/mol. The summed E-state index contributed by atoms with van der Waals surface area (Å²) in [4.78, 5) is 0. The van der Waals surface area contributed by atoms with E-state index in [0.29, 0.717) is 5.56 Å². The highest BCUT2D eigenvalue weighted by Crippen LogP contribution is 2.30. The normalized spacial score (nSPS) is 11.5. The molecular formula is C11H11F2N. The van der Waals surface area contributed by atoms with E-state index in [-0.39, 0.29) is 5.69 Å². The van der Waals surface area contributed by atoms with Gasteiger partial charge >= 0.3 is 0 Å². The van der Waals surface area contributed by atoms with E-state index in [1.807, 2.05) is 24.3 Å². The maximum atomic E-state index is 12.7. The molecule has 0 unspecified atom stereocenters. The Morgan fingerprint density at radius 1 is 1.21 bits per heavy atom. The standard InChI is InChI=1S/C11H11F2N/c1-7-8-5-3-4-6-9(8)14(2)10(7)11(12)13/h3-6,11H,1-2H3. The number of para-hydroxylation sites is 1. The van der Waals surface area contributed by atoms with Crippen LogP contribution in [0.4, 0.5) is 8.78 Å². The van der Waals surface area contributed by atoms with Gasteiger partial charge in [-0.1, -0.05) is 18.2 Å². The molecule has 1 nitrogen and oxygen atoms in total. The van der Waals surface area contributed by atoms with Crippen molar-refractivity contribution in [3.05, 3.63) is 35.5 Å². The number of aromatic nitrogens is 1. The molecule has 0 saturated heterocycles. The first-order valence-corrected chi connectivity index (χ1v) is 4.45. The van der Waals surface area contributed by atoms with E-state index < -0.39 is 6.43 Å². The molecule has 3 heteroatoms. The monoisotopic (exact) mass is 195 g/mol. The summed E-state index contributed by atoms with van der Waals surface area (Å²) < 4.78 is 27.0. The molecule has 1 aromatic carbocycles. The molecular weight excluding hydrogens is 184 g/mol. The first-order valence-electron chi connectivity index (χ1n) is 4.45. The molecule has 0 fully saturated rings. The van der Waals surface area contributed by atoms with E-state index in [2.05, 4.69) is 0 Å². The van der Waals surface area contributed by atoms with Crippen LogP contribution < -0.4 is 0 Å². The number of alkyl halides is 2. The summed E-state index contributed by atoms with van der Waals surface area (Å²) in [5.74, 6) is 0. The largest absolute Gasteiger partial charge is 0.343 e. The van der Waals surface area contributed by atoms with Gasteiger partial charge in [-0.15, -0.1) is 0 Å². The van der Waals surface area contributed by atoms with E-state index in [1.165, 1.54) is 0 Å². The molecule has 0 aliphatic heterocycles. The number of benzene rings is 1. The van der Waals surface area contributed by atoms with Crippen LogP contribution in [0.2, 0.25) is 0 Å². The Morgan fingerprint density at radius 3 is 2.43 bits per heavy atom. The molecule has 0 bridgehead atoms. The van der Waals surface area contributed by atoms with Gasteiger partial charge in [-0.3, -0.25) is 0 Å². The Balaban J connectivity index is 2.85. The van der Waals surface area contributed by atoms with Crippen molar-refractivity contribution in [3.63, 3.8) is 0 Å². The minimum Gasteiger partial charge on any atom is -0.343 e. The molecule has 14 heavy (non-hydrogen) atoms. The van der Waals surface area contributed by atoms with Gasteiger partial charge in [0.1, 0.15) is 0 Å². The van der Waals surface area contributed by atoms with Crippen molar-refractivity contribution in [3.8, 4) is 0 Å². The van der Waals surface area contributed by atoms with Gasteiger partial charge < -0.3 is 4.57 Å². The van der Waals surface area contributed by atoms with Crippen molar-refractivity contribution in [2.75, 3.05) is 0 Å². The Morgan fingerprint density at radius 2 is 1.86 bits per heavy atom. The smallest absolute Gasteiger partial charge is 0.278 e. The van der Waals surface area contributed by atoms with Crippen molar-refractivity contribution in [2.45, 2.75) is 13.3 Å². The molecule has 2 rings (SSSR count). The SMILES string of the molecule is Cc1c(C(F)F)n(C)c2ccccc12. The number of hydrogen-bond donors (Lipinski definition) is 0. The first kappa shape index (κ1) is 9.19. The average molecular weight is 195 g/mol. The highest BCUT2D eigenvalue weighted by molar-refractivity contribution is 5.85. The van der Waals surface area contributed by atoms with E-state index in [1.54, 1.807) is 18.5 Å². The zero-order valence-corrected chi connectivity index (χ0v) is 8.09. The minimum atomic E-state index is -2.41. The van der Waals surface area contributed by atoms with Crippen LogP contribution >= 0.6 is 0 Å². The fraction of sp³-hybridized carbons (Fsp3) is 0.273. The molecule has 0 N–H and O–H groups in total. The number of aryl methyl sites for hydroxylation is 2. The molecule has 0 atom stereocenters. The van der Waals surface area contributed by atoms with Gasteiger partial charge in [-0.05, 0) is 18.6 Å². The van der Waals surface area contributed by atoms with Crippen LogP contribution in [0.25, 0.3) is 10.9 Å². The van der Waals surface area contributed by atoms with Crippen molar-refractivity contribution in [1.82, 2.24) is 4.57 Å². The van der Waals surface area contributed by atoms with Gasteiger partial charge in [0.15, 0.2) is 0 Å². The van der Waals surface area contributed by atoms with Crippen LogP contribution in [0.1, 0.15) is 17.7 Å². The van der Waals surface area contributed by atoms with Crippen molar-refractivity contribution in [1.29, 1.82) is 0 Å². The van der Waals surface area contributed by atoms with Gasteiger partial charge in [0.25, 0.3) is 6.43 Å². The molecule has 0 aliphatic carbocycles. The Hall–Kier alpha value is -1.38. The fourth-order valence-corrected chi connectivity index (χ4v) is 1.91. The first-order chi connectivity index (χ1) is 6.63. The number of nitrogens with zero attached hydrogens (tertiary/aromatic N) is 1. The zero-order chi connectivity index (χ0) is 10.3. The topological polar surface area (TPSA) is 4.93 Å². The van der Waals surface area contributed by atoms with Crippen molar-refractivity contribution in [2.24, 2.45) is 7.05 Å². The molecule has 1 aromatic heterocycles. The molecule has 0 amide bonds. The van der Waals surface area contributed by atoms with Gasteiger partial charge in [-0.2, -0.15) is 0 Å². The van der Waals surface area contributed by atoms with Gasteiger partial charge in [-0.25, -0.2) is 8.78 Å². The van der Waals surface area contributed by atoms with Gasteiger partial charge in [0.05, 0.1) is 5.69 Å². The molecule has 74 valence electrons. The predicted octanol–water partition coefficient (Wildman–Crippen LogP) is 3.42. The van der Waals surface area contributed by atoms with Crippen LogP contribution in [0.15, 0.2) is 24.3 Å². The van der Waals surface area contributed by atoms with E-state index >= 15 is 0 Å². The van der Waals surface area contributed by atoms with E-state index in [4.69, 9.17) is 0 Å². The summed E-state index contributed by atoms with van der Waals surface area (Å²) in [6.45, 7) is 1.74. The Labute approximate surface area is 81.0 Å². The van der Waals surface area contributed by atoms with Gasteiger partial charge in [0, 0.05) is 18.0 Å². The summed E-state index contributed by atoms with van der Waals surface area (Å²) in [5.41, 5.74) is 1.66. The van der Waals surface area contributed by atoms with Crippen LogP contribution in [-0.4, -0.2) is 4.57 Å². The number of rotatable bonds is 1. The molecule has 2 aromatic rings. The van der Waals surface area contributed by atoms with Gasteiger partial charge in [0.2, 0.25) is 0 Å². The number of fused-ring (bicyclic) bond motifs is 1. The molecule has 0 radical (unpaired) electrons. The average Bonchev–Trinajstić information content (AvgIpc) is 2.41. The van der Waals surface area contributed by atoms with Crippen molar-refractivity contribution >= 4 is 10.9 Å². The molecule has 0 aliphatic rings. The minimum absolute atomic E-state index is 0.117. The Bertz CT molecular complexity index is 432. The molecule has 1 heterocycles. The second-order valence-electron chi connectivity index (χ2n) is 3.39. The lowest BCUT2D eigenvalue weighted by atomic mass is 10.1. The fourth-order valence-electron chi connectivity index (χ4n) is 1.91. The second kappa shape index (κ2) is 3.08. The summed E-state index contributed by atoms with van der Waals surface area (Å²) in [7, 11) is 1.68. The van der Waals surface area contributed by atoms with E-state index in [0.717, 1.165) is 10.9 Å². The van der Waals surface area contributed by atoms with Crippen LogP contribution in [0, 0.1) is 6.92 Å². The van der Waals surface area contributed by atoms with Crippen LogP contribution in [0.3, 0.4) is 0 Å². The molecule has 0 saturated carbocycles. The highest BCUT2D eigenvalue weighted by Gasteiger charge is 2.18. The van der Waals surface area contributed by atoms with Crippen LogP contribution in [-0.2, 0) is 7.05 Å².